The van der Waals surface area contributed by atoms with Crippen molar-refractivity contribution in [2.24, 2.45) is 7.05 Å². The number of halogens is 1. The van der Waals surface area contributed by atoms with E-state index in [2.05, 4.69) is 31.0 Å². The number of nitrogens with one attached hydrogen (secondary N) is 1. The quantitative estimate of drug-likeness (QED) is 0.453. The lowest BCUT2D eigenvalue weighted by atomic mass is 10.1. The van der Waals surface area contributed by atoms with Crippen molar-refractivity contribution in [1.29, 1.82) is 0 Å². The van der Waals surface area contributed by atoms with E-state index in [4.69, 9.17) is 14.3 Å². The lowest BCUT2D eigenvalue weighted by molar-refractivity contribution is 0.0867. The summed E-state index contributed by atoms with van der Waals surface area (Å²) in [5.74, 6) is 0.750. The van der Waals surface area contributed by atoms with Crippen molar-refractivity contribution >= 4 is 44.1 Å². The molecule has 1 aromatic carbocycles. The average molecular weight is 488 g/mol. The molecule has 4 aromatic rings. The maximum absolute atomic E-state index is 12.6. The number of likely N-dealkylation sites (tertiary alicyclic amines) is 1. The van der Waals surface area contributed by atoms with E-state index in [1.54, 1.807) is 23.9 Å². The molecule has 31 heavy (non-hydrogen) atoms. The number of nitrogens with zero attached hydrogens (tertiary/aromatic N) is 4. The summed E-state index contributed by atoms with van der Waals surface area (Å²) in [5, 5.41) is 14.2. The van der Waals surface area contributed by atoms with Crippen LogP contribution in [0.5, 0.6) is 5.88 Å². The molecule has 3 aromatic heterocycles. The molecule has 0 spiro atoms. The van der Waals surface area contributed by atoms with Gasteiger partial charge in [-0.3, -0.25) is 9.48 Å². The second kappa shape index (κ2) is 7.41. The minimum absolute atomic E-state index is 0.122. The number of ether oxygens (including phenoxy) is 1. The van der Waals surface area contributed by atoms with Crippen LogP contribution >= 0.6 is 15.9 Å². The molecular formula is C20H18BrN5O5. The number of carbonyl (C=O) groups is 1. The Bertz CT molecular complexity index is 1370. The van der Waals surface area contributed by atoms with Gasteiger partial charge in [-0.25, -0.2) is 9.78 Å². The number of H-pyrrole nitrogens is 1. The molecule has 5 rings (SSSR count). The van der Waals surface area contributed by atoms with Crippen LogP contribution < -0.4 is 10.3 Å². The average Bonchev–Trinajstić information content (AvgIpc) is 3.28. The van der Waals surface area contributed by atoms with Gasteiger partial charge in [0.25, 0.3) is 5.56 Å². The van der Waals surface area contributed by atoms with E-state index < -0.39 is 6.09 Å². The molecule has 160 valence electrons. The number of furan rings is 1. The fourth-order valence-electron chi connectivity index (χ4n) is 3.80. The van der Waals surface area contributed by atoms with Gasteiger partial charge in [0.05, 0.1) is 0 Å². The molecule has 4 heterocycles. The predicted molar refractivity (Wildman–Crippen MR) is 115 cm³/mol. The first-order valence-corrected chi connectivity index (χ1v) is 10.5. The number of aryl methyl sites for hydroxylation is 1. The minimum atomic E-state index is -0.914. The number of amides is 1. The Morgan fingerprint density at radius 3 is 2.84 bits per heavy atom. The van der Waals surface area contributed by atoms with Crippen molar-refractivity contribution in [2.45, 2.75) is 18.9 Å². The summed E-state index contributed by atoms with van der Waals surface area (Å²) in [4.78, 5) is 32.4. The summed E-state index contributed by atoms with van der Waals surface area (Å²) in [5.41, 5.74) is 1.42. The number of rotatable bonds is 3. The molecule has 2 N–H and O–H groups in total. The zero-order chi connectivity index (χ0) is 21.7. The van der Waals surface area contributed by atoms with Crippen LogP contribution in [-0.4, -0.2) is 55.0 Å². The van der Waals surface area contributed by atoms with Crippen LogP contribution in [0.4, 0.5) is 4.79 Å². The largest absolute Gasteiger partial charge is 0.473 e. The topological polar surface area (TPSA) is 126 Å². The number of carboxylic acid groups (broad SMARTS) is 1. The van der Waals surface area contributed by atoms with E-state index in [0.29, 0.717) is 54.4 Å². The van der Waals surface area contributed by atoms with Crippen LogP contribution in [0, 0.1) is 0 Å². The van der Waals surface area contributed by atoms with Gasteiger partial charge in [-0.1, -0.05) is 15.9 Å². The van der Waals surface area contributed by atoms with Crippen LogP contribution in [0.15, 0.2) is 37.9 Å². The van der Waals surface area contributed by atoms with Crippen LogP contribution in [-0.2, 0) is 7.05 Å². The monoisotopic (exact) mass is 487 g/mol. The maximum Gasteiger partial charge on any atom is 0.407 e. The Morgan fingerprint density at radius 1 is 1.32 bits per heavy atom. The van der Waals surface area contributed by atoms with Gasteiger partial charge in [-0.15, -0.1) is 5.10 Å². The van der Waals surface area contributed by atoms with Crippen molar-refractivity contribution in [3.05, 3.63) is 39.1 Å². The minimum Gasteiger partial charge on any atom is -0.473 e. The Balaban J connectivity index is 1.46. The Morgan fingerprint density at radius 2 is 2.10 bits per heavy atom. The van der Waals surface area contributed by atoms with Crippen molar-refractivity contribution in [1.82, 2.24) is 24.6 Å². The Kier molecular flexibility index (Phi) is 4.69. The van der Waals surface area contributed by atoms with Crippen molar-refractivity contribution < 1.29 is 19.1 Å². The molecule has 0 radical (unpaired) electrons. The smallest absolute Gasteiger partial charge is 0.407 e. The van der Waals surface area contributed by atoms with Gasteiger partial charge in [0.15, 0.2) is 5.82 Å². The maximum atomic E-state index is 12.6. The standard InChI is InChI=1S/C20H18BrN5O5/c1-25-13(9-15(24-25)30-11-4-6-26(7-5-11)20(28)29)18-22-16-12-8-10(21)2-3-14(12)31-17(16)19(27)23-18/h2-3,8-9,11H,4-7H2,1H3,(H,28,29)(H,22,23,27). The molecule has 0 saturated carbocycles. The fraction of sp³-hybridized carbons (Fsp3) is 0.300. The molecule has 0 unspecified atom stereocenters. The van der Waals surface area contributed by atoms with Gasteiger partial charge in [0, 0.05) is 48.9 Å². The zero-order valence-electron chi connectivity index (χ0n) is 16.5. The third-order valence-electron chi connectivity index (χ3n) is 5.39. The second-order valence-electron chi connectivity index (χ2n) is 7.41. The van der Waals surface area contributed by atoms with E-state index >= 15 is 0 Å². The molecule has 1 amide bonds. The molecule has 1 aliphatic rings. The van der Waals surface area contributed by atoms with E-state index in [0.717, 1.165) is 9.86 Å². The summed E-state index contributed by atoms with van der Waals surface area (Å²) in [7, 11) is 1.74. The number of aromatic amines is 1. The fourth-order valence-corrected chi connectivity index (χ4v) is 4.16. The first-order valence-electron chi connectivity index (χ1n) is 9.70. The number of hydrogen-bond acceptors (Lipinski definition) is 6. The third kappa shape index (κ3) is 3.54. The molecule has 11 heteroatoms. The number of fused-ring (bicyclic) bond motifs is 3. The Hall–Kier alpha value is -3.34. The van der Waals surface area contributed by atoms with E-state index in [1.807, 2.05) is 12.1 Å². The van der Waals surface area contributed by atoms with Gasteiger partial charge >= 0.3 is 6.09 Å². The molecule has 0 atom stereocenters. The molecule has 1 aliphatic heterocycles. The SMILES string of the molecule is Cn1nc(OC2CCN(C(=O)O)CC2)cc1-c1nc2c(oc3ccc(Br)cc32)c(=O)[nH]1. The molecule has 1 fully saturated rings. The first-order chi connectivity index (χ1) is 14.9. The lowest BCUT2D eigenvalue weighted by Gasteiger charge is -2.29. The van der Waals surface area contributed by atoms with Gasteiger partial charge < -0.3 is 24.1 Å². The first kappa shape index (κ1) is 19.6. The second-order valence-corrected chi connectivity index (χ2v) is 8.33. The summed E-state index contributed by atoms with van der Waals surface area (Å²) in [6, 6.07) is 7.20. The number of benzene rings is 1. The number of piperidine rings is 1. The van der Waals surface area contributed by atoms with E-state index in [-0.39, 0.29) is 17.2 Å². The van der Waals surface area contributed by atoms with Gasteiger partial charge in [0.2, 0.25) is 11.5 Å². The summed E-state index contributed by atoms with van der Waals surface area (Å²) >= 11 is 3.44. The highest BCUT2D eigenvalue weighted by atomic mass is 79.9. The highest BCUT2D eigenvalue weighted by Gasteiger charge is 2.25. The summed E-state index contributed by atoms with van der Waals surface area (Å²) in [6.07, 6.45) is 0.148. The molecule has 0 bridgehead atoms. The highest BCUT2D eigenvalue weighted by Crippen LogP contribution is 2.30. The van der Waals surface area contributed by atoms with Crippen LogP contribution in [0.2, 0.25) is 0 Å². The van der Waals surface area contributed by atoms with Crippen LogP contribution in [0.3, 0.4) is 0 Å². The predicted octanol–water partition coefficient (Wildman–Crippen LogP) is 3.35. The van der Waals surface area contributed by atoms with Crippen LogP contribution in [0.25, 0.3) is 33.6 Å². The highest BCUT2D eigenvalue weighted by molar-refractivity contribution is 9.10. The van der Waals surface area contributed by atoms with Gasteiger partial charge in [-0.05, 0) is 18.2 Å². The molecule has 1 saturated heterocycles. The van der Waals surface area contributed by atoms with E-state index in [9.17, 15) is 9.59 Å². The molecular weight excluding hydrogens is 470 g/mol. The zero-order valence-corrected chi connectivity index (χ0v) is 18.0. The molecule has 0 aliphatic carbocycles. The van der Waals surface area contributed by atoms with Crippen molar-refractivity contribution in [3.63, 3.8) is 0 Å². The summed E-state index contributed by atoms with van der Waals surface area (Å²) in [6.45, 7) is 0.850. The number of hydrogen-bond donors (Lipinski definition) is 2. The molecule has 10 nitrogen and oxygen atoms in total. The Labute approximate surface area is 183 Å². The van der Waals surface area contributed by atoms with Crippen LogP contribution in [0.1, 0.15) is 12.8 Å². The van der Waals surface area contributed by atoms with Crippen molar-refractivity contribution in [3.8, 4) is 17.4 Å². The number of aromatic nitrogens is 4. The third-order valence-corrected chi connectivity index (χ3v) is 5.88. The van der Waals surface area contributed by atoms with E-state index in [1.165, 1.54) is 4.90 Å². The van der Waals surface area contributed by atoms with Crippen molar-refractivity contribution in [2.75, 3.05) is 13.1 Å². The summed E-state index contributed by atoms with van der Waals surface area (Å²) < 4.78 is 14.1. The normalized spacial score (nSPS) is 15.1. The lowest BCUT2D eigenvalue weighted by Crippen LogP contribution is -2.41. The van der Waals surface area contributed by atoms with Gasteiger partial charge in [0.1, 0.15) is 22.9 Å². The van der Waals surface area contributed by atoms with Gasteiger partial charge in [-0.2, -0.15) is 0 Å².